The van der Waals surface area contributed by atoms with E-state index in [2.05, 4.69) is 26.0 Å². The lowest BCUT2D eigenvalue weighted by molar-refractivity contribution is -0.161. The molecule has 0 aromatic heterocycles. The second-order valence-electron chi connectivity index (χ2n) is 13.5. The molecule has 2 atom stereocenters. The van der Waals surface area contributed by atoms with Crippen LogP contribution >= 0.6 is 7.82 Å². The molecular weight excluding hydrogens is 641 g/mol. The van der Waals surface area contributed by atoms with E-state index in [9.17, 15) is 19.0 Å². The Morgan fingerprint density at radius 1 is 0.592 bits per heavy atom. The number of ether oxygens (including phenoxy) is 2. The zero-order valence-corrected chi connectivity index (χ0v) is 32.6. The number of allylic oxidation sites excluding steroid dienone is 2. The molecular formula is C39H76NO8P. The van der Waals surface area contributed by atoms with Crippen molar-refractivity contribution in [3.63, 3.8) is 0 Å². The monoisotopic (exact) mass is 718 g/mol. The maximum absolute atomic E-state index is 12.5. The normalized spacial score (nSPS) is 13.5. The Labute approximate surface area is 300 Å². The van der Waals surface area contributed by atoms with Gasteiger partial charge in [-0.2, -0.15) is 0 Å². The van der Waals surface area contributed by atoms with Crippen LogP contribution in [-0.4, -0.2) is 49.3 Å². The summed E-state index contributed by atoms with van der Waals surface area (Å²) in [5.74, 6) is -0.827. The molecule has 0 aromatic carbocycles. The van der Waals surface area contributed by atoms with Gasteiger partial charge < -0.3 is 20.1 Å². The molecule has 0 aliphatic heterocycles. The van der Waals surface area contributed by atoms with Crippen molar-refractivity contribution in [1.82, 2.24) is 0 Å². The van der Waals surface area contributed by atoms with E-state index in [4.69, 9.17) is 24.3 Å². The number of phosphoric acid groups is 1. The zero-order chi connectivity index (χ0) is 36.1. The van der Waals surface area contributed by atoms with Crippen molar-refractivity contribution in [1.29, 1.82) is 0 Å². The summed E-state index contributed by atoms with van der Waals surface area (Å²) in [5.41, 5.74) is 5.33. The van der Waals surface area contributed by atoms with E-state index in [0.717, 1.165) is 38.5 Å². The third-order valence-corrected chi connectivity index (χ3v) is 9.64. The molecule has 9 nitrogen and oxygen atoms in total. The van der Waals surface area contributed by atoms with Crippen LogP contribution in [0, 0.1) is 0 Å². The molecule has 0 saturated carbocycles. The lowest BCUT2D eigenvalue weighted by Gasteiger charge is -2.19. The molecule has 0 aliphatic carbocycles. The summed E-state index contributed by atoms with van der Waals surface area (Å²) < 4.78 is 32.6. The molecule has 3 N–H and O–H groups in total. The minimum Gasteiger partial charge on any atom is -0.462 e. The Bertz CT molecular complexity index is 825. The lowest BCUT2D eigenvalue weighted by atomic mass is 10.1. The molecule has 49 heavy (non-hydrogen) atoms. The predicted molar refractivity (Wildman–Crippen MR) is 201 cm³/mol. The maximum Gasteiger partial charge on any atom is 0.472 e. The molecule has 290 valence electrons. The van der Waals surface area contributed by atoms with Gasteiger partial charge in [-0.25, -0.2) is 4.57 Å². The highest BCUT2D eigenvalue weighted by Gasteiger charge is 2.26. The third kappa shape index (κ3) is 36.3. The number of hydrogen-bond donors (Lipinski definition) is 2. The van der Waals surface area contributed by atoms with Crippen LogP contribution in [0.2, 0.25) is 0 Å². The Morgan fingerprint density at radius 2 is 1.00 bits per heavy atom. The van der Waals surface area contributed by atoms with E-state index in [1.807, 2.05) is 0 Å². The van der Waals surface area contributed by atoms with E-state index in [0.29, 0.717) is 6.42 Å². The van der Waals surface area contributed by atoms with Crippen molar-refractivity contribution in [2.24, 2.45) is 5.73 Å². The van der Waals surface area contributed by atoms with Gasteiger partial charge in [0.15, 0.2) is 6.10 Å². The summed E-state index contributed by atoms with van der Waals surface area (Å²) in [4.78, 5) is 34.7. The summed E-state index contributed by atoms with van der Waals surface area (Å²) in [6.45, 7) is 3.71. The zero-order valence-electron chi connectivity index (χ0n) is 31.7. The summed E-state index contributed by atoms with van der Waals surface area (Å²) in [5, 5.41) is 0. The highest BCUT2D eigenvalue weighted by molar-refractivity contribution is 7.47. The molecule has 0 heterocycles. The second-order valence-corrected chi connectivity index (χ2v) is 15.0. The van der Waals surface area contributed by atoms with Crippen LogP contribution in [0.3, 0.4) is 0 Å². The molecule has 0 bridgehead atoms. The Balaban J connectivity index is 4.07. The molecule has 0 rings (SSSR count). The van der Waals surface area contributed by atoms with Crippen molar-refractivity contribution >= 4 is 19.8 Å². The Kier molecular flexibility index (Phi) is 35.6. The van der Waals surface area contributed by atoms with Crippen LogP contribution in [0.25, 0.3) is 0 Å². The van der Waals surface area contributed by atoms with Gasteiger partial charge in [-0.15, -0.1) is 0 Å². The van der Waals surface area contributed by atoms with Crippen molar-refractivity contribution in [3.05, 3.63) is 12.2 Å². The van der Waals surface area contributed by atoms with Crippen LogP contribution in [0.15, 0.2) is 12.2 Å². The molecule has 0 radical (unpaired) electrons. The SMILES string of the molecule is CCCCCCCC/C=C/CCCCCCCCCCCC(=O)OC[C@@H](COP(=O)(O)OCCN)OC(=O)CCCCCCCCCCC. The van der Waals surface area contributed by atoms with Crippen molar-refractivity contribution in [2.75, 3.05) is 26.4 Å². The fourth-order valence-corrected chi connectivity index (χ4v) is 6.39. The lowest BCUT2D eigenvalue weighted by Crippen LogP contribution is -2.29. The fourth-order valence-electron chi connectivity index (χ4n) is 5.63. The first-order valence-electron chi connectivity index (χ1n) is 20.2. The molecule has 0 aliphatic rings. The number of unbranched alkanes of at least 4 members (excludes halogenated alkanes) is 23. The average molecular weight is 718 g/mol. The molecule has 10 heteroatoms. The Hall–Kier alpha value is -1.25. The summed E-state index contributed by atoms with van der Waals surface area (Å²) in [7, 11) is -4.36. The molecule has 0 aromatic rings. The molecule has 0 saturated heterocycles. The van der Waals surface area contributed by atoms with Crippen LogP contribution in [0.5, 0.6) is 0 Å². The minimum absolute atomic E-state index is 0.0557. The van der Waals surface area contributed by atoms with E-state index >= 15 is 0 Å². The van der Waals surface area contributed by atoms with E-state index in [1.165, 1.54) is 122 Å². The highest BCUT2D eigenvalue weighted by atomic mass is 31.2. The summed E-state index contributed by atoms with van der Waals surface area (Å²) >= 11 is 0. The first-order chi connectivity index (χ1) is 23.8. The van der Waals surface area contributed by atoms with Gasteiger partial charge in [0.2, 0.25) is 0 Å². The smallest absolute Gasteiger partial charge is 0.462 e. The number of hydrogen-bond acceptors (Lipinski definition) is 8. The first kappa shape index (κ1) is 47.8. The Morgan fingerprint density at radius 3 is 1.45 bits per heavy atom. The van der Waals surface area contributed by atoms with Crippen molar-refractivity contribution in [2.45, 2.75) is 200 Å². The standard InChI is InChI=1S/C39H76NO8P/c1-3-5-7-9-11-13-14-15-16-17-18-19-20-21-22-24-25-27-29-31-38(41)45-35-37(36-47-49(43,44)46-34-33-40)48-39(42)32-30-28-26-23-12-10-8-6-4-2/h15-16,37H,3-14,17-36,40H2,1-2H3,(H,43,44)/b16-15+/t37-/m0/s1. The third-order valence-electron chi connectivity index (χ3n) is 8.65. The predicted octanol–water partition coefficient (Wildman–Crippen LogP) is 11.1. The van der Waals surface area contributed by atoms with Crippen LogP contribution < -0.4 is 5.73 Å². The molecule has 1 unspecified atom stereocenters. The summed E-state index contributed by atoms with van der Waals surface area (Å²) in [6.07, 6.45) is 35.4. The minimum atomic E-state index is -4.36. The summed E-state index contributed by atoms with van der Waals surface area (Å²) in [6, 6.07) is 0. The van der Waals surface area contributed by atoms with Gasteiger partial charge in [-0.05, 0) is 38.5 Å². The number of rotatable bonds is 38. The second kappa shape index (κ2) is 36.5. The van der Waals surface area contributed by atoms with E-state index in [-0.39, 0.29) is 38.6 Å². The van der Waals surface area contributed by atoms with Gasteiger partial charge >= 0.3 is 19.8 Å². The quantitative estimate of drug-likeness (QED) is 0.0277. The van der Waals surface area contributed by atoms with Crippen molar-refractivity contribution in [3.8, 4) is 0 Å². The van der Waals surface area contributed by atoms with Crippen LogP contribution in [-0.2, 0) is 32.7 Å². The van der Waals surface area contributed by atoms with Gasteiger partial charge in [0.05, 0.1) is 13.2 Å². The first-order valence-corrected chi connectivity index (χ1v) is 21.7. The van der Waals surface area contributed by atoms with E-state index in [1.54, 1.807) is 0 Å². The number of carbonyl (C=O) groups excluding carboxylic acids is 2. The van der Waals surface area contributed by atoms with Gasteiger partial charge in [-0.3, -0.25) is 18.6 Å². The fraction of sp³-hybridized carbons (Fsp3) is 0.897. The molecule has 0 spiro atoms. The highest BCUT2D eigenvalue weighted by Crippen LogP contribution is 2.43. The van der Waals surface area contributed by atoms with Gasteiger partial charge in [0.25, 0.3) is 0 Å². The van der Waals surface area contributed by atoms with Crippen LogP contribution in [0.1, 0.15) is 194 Å². The van der Waals surface area contributed by atoms with Gasteiger partial charge in [0.1, 0.15) is 6.61 Å². The van der Waals surface area contributed by atoms with Crippen molar-refractivity contribution < 1.29 is 37.6 Å². The number of esters is 2. The number of nitrogens with two attached hydrogens (primary N) is 1. The van der Waals surface area contributed by atoms with Crippen LogP contribution in [0.4, 0.5) is 0 Å². The average Bonchev–Trinajstić information content (AvgIpc) is 3.08. The number of phosphoric ester groups is 1. The number of carbonyl (C=O) groups is 2. The largest absolute Gasteiger partial charge is 0.472 e. The topological polar surface area (TPSA) is 134 Å². The molecule has 0 fully saturated rings. The van der Waals surface area contributed by atoms with Gasteiger partial charge in [0, 0.05) is 19.4 Å². The van der Waals surface area contributed by atoms with E-state index < -0.39 is 26.5 Å². The maximum atomic E-state index is 12.5. The molecule has 0 amide bonds. The van der Waals surface area contributed by atoms with Gasteiger partial charge in [-0.1, -0.05) is 154 Å².